The summed E-state index contributed by atoms with van der Waals surface area (Å²) in [5.41, 5.74) is 8.54. The van der Waals surface area contributed by atoms with Gasteiger partial charge in [-0.15, -0.1) is 50.8 Å². The number of thiophene rings is 2. The number of alkyl carbamates (subject to hydrolysis) is 2. The van der Waals surface area contributed by atoms with Crippen molar-refractivity contribution in [1.82, 2.24) is 31.2 Å². The number of hydrogen-bond acceptors (Lipinski definition) is 13. The van der Waals surface area contributed by atoms with Crippen LogP contribution in [0.15, 0.2) is 155 Å². The van der Waals surface area contributed by atoms with Gasteiger partial charge in [-0.3, -0.25) is 9.59 Å². The van der Waals surface area contributed by atoms with E-state index in [1.54, 1.807) is 46.9 Å². The molecule has 0 bridgehead atoms. The van der Waals surface area contributed by atoms with Gasteiger partial charge < -0.3 is 30.7 Å². The van der Waals surface area contributed by atoms with Gasteiger partial charge in [0.25, 0.3) is 5.69 Å². The van der Waals surface area contributed by atoms with Crippen LogP contribution in [-0.2, 0) is 44.7 Å². The maximum atomic E-state index is 14.0. The minimum Gasteiger partial charge on any atom is -0.453 e. The van der Waals surface area contributed by atoms with Crippen molar-refractivity contribution < 1.29 is 33.5 Å². The van der Waals surface area contributed by atoms with Gasteiger partial charge in [0.05, 0.1) is 52.4 Å². The lowest BCUT2D eigenvalue weighted by Gasteiger charge is -2.23. The maximum absolute atomic E-state index is 14.0. The number of methoxy groups -OCH3 is 2. The van der Waals surface area contributed by atoms with Crippen molar-refractivity contribution in [2.45, 2.75) is 49.9 Å². The SMILES string of the molecule is COC(=O)N[C@@H](Cc1ccccc1)C(=O)NC(Cc1ccc([N+](=O)Nc2ccc(C[C@H](NC(=O)[C@H](Cc3ccccc3)NC(=O)OC)c3csc(-c4cccs4)n3)cc2)cc1)c1csc(-c2cccs2)n1. The number of ether oxygens (including phenoxy) is 2. The Morgan fingerprint density at radius 3 is 1.34 bits per heavy atom. The Bertz CT molecular complexity index is 3000. The predicted molar refractivity (Wildman–Crippen MR) is 279 cm³/mol. The van der Waals surface area contributed by atoms with Crippen molar-refractivity contribution >= 4 is 80.7 Å². The van der Waals surface area contributed by atoms with Gasteiger partial charge in [-0.1, -0.05) is 97.1 Å². The molecule has 0 aliphatic carbocycles. The Morgan fingerprint density at radius 1 is 0.507 bits per heavy atom. The molecule has 362 valence electrons. The van der Waals surface area contributed by atoms with Gasteiger partial charge in [-0.25, -0.2) is 19.6 Å². The van der Waals surface area contributed by atoms with E-state index in [4.69, 9.17) is 19.4 Å². The van der Waals surface area contributed by atoms with Crippen molar-refractivity contribution in [3.63, 3.8) is 0 Å². The third-order valence-electron chi connectivity index (χ3n) is 11.2. The fourth-order valence-corrected chi connectivity index (χ4v) is 11.0. The van der Waals surface area contributed by atoms with E-state index >= 15 is 0 Å². The fraction of sp³-hybridized carbons (Fsp3) is 0.192. The summed E-state index contributed by atoms with van der Waals surface area (Å²) in [6, 6.07) is 38.1. The fourth-order valence-electron chi connectivity index (χ4n) is 7.58. The number of aromatic nitrogens is 2. The topological polar surface area (TPSA) is 193 Å². The standard InChI is InChI=1S/C52H48N8O7S4/c1-66-51(63)57-41(29-33-11-5-3-6-12-33)47(61)53-39(43-31-70-49(55-43)45-15-9-25-68-45)27-35-17-21-37(22-18-35)59-60(65)38-23-19-36(20-24-38)28-40(44-32-71-50(56-44)46-16-10-26-69-46)54-48(62)42(58-52(64)67-2)30-34-13-7-4-8-14-34/h3-26,31-32,39-42H,27-30H2,1-2H3,(H4-,53,54,57,58,59,61,62,63,64,65)/p+1/t39-,40?,41-,42-/m0/s1. The number of nitroso groups, excluding NO2 is 1. The average molecular weight is 1030 g/mol. The Morgan fingerprint density at radius 2 is 0.930 bits per heavy atom. The molecule has 0 fully saturated rings. The first kappa shape index (κ1) is 49.8. The molecule has 4 heterocycles. The summed E-state index contributed by atoms with van der Waals surface area (Å²) in [7, 11) is 2.50. The van der Waals surface area contributed by atoms with Gasteiger partial charge in [0.1, 0.15) is 27.8 Å². The molecule has 0 radical (unpaired) electrons. The van der Waals surface area contributed by atoms with Crippen molar-refractivity contribution in [3.05, 3.63) is 194 Å². The van der Waals surface area contributed by atoms with Crippen LogP contribution in [0.2, 0.25) is 0 Å². The molecule has 0 saturated carbocycles. The Balaban J connectivity index is 0.949. The Labute approximate surface area is 425 Å². The van der Waals surface area contributed by atoms with Crippen molar-refractivity contribution in [2.75, 3.05) is 19.6 Å². The van der Waals surface area contributed by atoms with E-state index in [-0.39, 0.29) is 12.8 Å². The van der Waals surface area contributed by atoms with Gasteiger partial charge in [-0.2, -0.15) is 0 Å². The summed E-state index contributed by atoms with van der Waals surface area (Å²) in [5.74, 6) is -0.798. The molecule has 8 rings (SSSR count). The van der Waals surface area contributed by atoms with Crippen LogP contribution in [0.25, 0.3) is 19.8 Å². The number of amides is 4. The van der Waals surface area contributed by atoms with E-state index in [0.29, 0.717) is 40.5 Å². The van der Waals surface area contributed by atoms with E-state index in [1.165, 1.54) is 36.9 Å². The van der Waals surface area contributed by atoms with Crippen LogP contribution < -0.4 is 26.7 Å². The molecule has 0 aliphatic rings. The summed E-state index contributed by atoms with van der Waals surface area (Å²) in [5, 5.41) is 21.1. The van der Waals surface area contributed by atoms with Crippen molar-refractivity contribution in [2.24, 2.45) is 0 Å². The van der Waals surface area contributed by atoms with Crippen molar-refractivity contribution in [3.8, 4) is 19.8 Å². The van der Waals surface area contributed by atoms with Crippen LogP contribution in [0.4, 0.5) is 21.0 Å². The zero-order chi connectivity index (χ0) is 49.5. The number of hydrazine groups is 1. The number of benzene rings is 4. The first-order valence-electron chi connectivity index (χ1n) is 22.4. The highest BCUT2D eigenvalue weighted by atomic mass is 32.1. The minimum absolute atomic E-state index is 0.242. The second-order valence-electron chi connectivity index (χ2n) is 16.2. The highest BCUT2D eigenvalue weighted by molar-refractivity contribution is 7.20. The number of nitrogens with zero attached hydrogens (tertiary/aromatic N) is 3. The second kappa shape index (κ2) is 24.3. The van der Waals surface area contributed by atoms with Crippen molar-refractivity contribution in [1.29, 1.82) is 0 Å². The lowest BCUT2D eigenvalue weighted by Crippen LogP contribution is -2.49. The number of rotatable bonds is 21. The lowest BCUT2D eigenvalue weighted by atomic mass is 10.0. The average Bonchev–Trinajstić information content (AvgIpc) is 4.26. The molecule has 4 amide bonds. The molecule has 5 N–H and O–H groups in total. The van der Waals surface area contributed by atoms with E-state index in [0.717, 1.165) is 42.0 Å². The van der Waals surface area contributed by atoms with Crippen LogP contribution in [0.3, 0.4) is 0 Å². The maximum Gasteiger partial charge on any atom is 0.407 e. The summed E-state index contributed by atoms with van der Waals surface area (Å²) >= 11 is 6.12. The Hall–Kier alpha value is -7.58. The third-order valence-corrected chi connectivity index (χ3v) is 15.0. The molecule has 4 aromatic heterocycles. The van der Waals surface area contributed by atoms with Gasteiger partial charge in [0.15, 0.2) is 4.87 Å². The Kier molecular flexibility index (Phi) is 17.1. The highest BCUT2D eigenvalue weighted by Gasteiger charge is 2.29. The van der Waals surface area contributed by atoms with Crippen LogP contribution in [-0.4, -0.2) is 65.1 Å². The number of carbonyl (C=O) groups excluding carboxylic acids is 4. The molecule has 4 atom stereocenters. The van der Waals surface area contributed by atoms with Gasteiger partial charge in [0.2, 0.25) is 11.8 Å². The number of carbonyl (C=O) groups is 4. The van der Waals surface area contributed by atoms with E-state index in [2.05, 4.69) is 26.7 Å². The molecule has 71 heavy (non-hydrogen) atoms. The number of anilines is 1. The molecule has 1 unspecified atom stereocenters. The van der Waals surface area contributed by atoms with Crippen LogP contribution >= 0.6 is 45.3 Å². The molecule has 0 spiro atoms. The molecular weight excluding hydrogens is 977 g/mol. The molecule has 4 aromatic carbocycles. The minimum atomic E-state index is -0.927. The summed E-state index contributed by atoms with van der Waals surface area (Å²) < 4.78 is 9.71. The van der Waals surface area contributed by atoms with Gasteiger partial charge in [-0.05, 0) is 70.1 Å². The largest absolute Gasteiger partial charge is 0.453 e. The van der Waals surface area contributed by atoms with E-state index in [9.17, 15) is 24.1 Å². The van der Waals surface area contributed by atoms with Crippen LogP contribution in [0.5, 0.6) is 0 Å². The van der Waals surface area contributed by atoms with Gasteiger partial charge in [0, 0.05) is 35.7 Å². The smallest absolute Gasteiger partial charge is 0.407 e. The second-order valence-corrected chi connectivity index (χ2v) is 19.8. The third kappa shape index (κ3) is 13.8. The number of hydrogen-bond donors (Lipinski definition) is 5. The molecule has 0 saturated heterocycles. The zero-order valence-electron chi connectivity index (χ0n) is 38.5. The summed E-state index contributed by atoms with van der Waals surface area (Å²) in [6.45, 7) is 0. The molecular formula is C52H49N8O7S4+. The van der Waals surface area contributed by atoms with E-state index < -0.39 is 48.2 Å². The van der Waals surface area contributed by atoms with E-state index in [1.807, 2.05) is 131 Å². The highest BCUT2D eigenvalue weighted by Crippen LogP contribution is 2.33. The monoisotopic (exact) mass is 1030 g/mol. The first-order chi connectivity index (χ1) is 34.6. The molecule has 15 nitrogen and oxygen atoms in total. The molecule has 0 aliphatic heterocycles. The quantitative estimate of drug-likeness (QED) is 0.0342. The summed E-state index contributed by atoms with van der Waals surface area (Å²) in [4.78, 5) is 78.7. The van der Waals surface area contributed by atoms with Gasteiger partial charge >= 0.3 is 12.2 Å². The first-order valence-corrected chi connectivity index (χ1v) is 25.9. The number of nitrogens with one attached hydrogen (secondary N) is 5. The lowest BCUT2D eigenvalue weighted by molar-refractivity contribution is -0.427. The molecule has 19 heteroatoms. The predicted octanol–water partition coefficient (Wildman–Crippen LogP) is 10.2. The summed E-state index contributed by atoms with van der Waals surface area (Å²) in [6.07, 6.45) is -0.243. The normalized spacial score (nSPS) is 12.6. The van der Waals surface area contributed by atoms with Crippen LogP contribution in [0, 0.1) is 4.91 Å². The van der Waals surface area contributed by atoms with Crippen LogP contribution in [0.1, 0.15) is 45.7 Å². The zero-order valence-corrected chi connectivity index (χ0v) is 41.7. The molecule has 8 aromatic rings. The number of thiazole rings is 2.